The lowest BCUT2D eigenvalue weighted by atomic mass is 9.73. The summed E-state index contributed by atoms with van der Waals surface area (Å²) in [6.07, 6.45) is 9.10. The topological polar surface area (TPSA) is 101 Å². The lowest BCUT2D eigenvalue weighted by molar-refractivity contribution is 0.00438. The Morgan fingerprint density at radius 2 is 1.97 bits per heavy atom. The van der Waals surface area contributed by atoms with E-state index in [2.05, 4.69) is 31.3 Å². The predicted octanol–water partition coefficient (Wildman–Crippen LogP) is 3.38. The minimum Gasteiger partial charge on any atom is -0.390 e. The molecule has 2 atom stereocenters. The Hall–Kier alpha value is -1.91. The number of aliphatic hydroxyl groups is 1. The van der Waals surface area contributed by atoms with E-state index in [9.17, 15) is 5.11 Å². The van der Waals surface area contributed by atoms with Gasteiger partial charge in [0.25, 0.3) is 0 Å². The van der Waals surface area contributed by atoms with Gasteiger partial charge in [0.15, 0.2) is 0 Å². The average Bonchev–Trinajstić information content (AvgIpc) is 3.10. The highest BCUT2D eigenvalue weighted by molar-refractivity contribution is 7.99. The standard InChI is InChI=1S/C25H33ClN6O2S/c1-4-17-22(27)25(15-34-17)6-9-31(10-7-25)19-11-30-20(12-29-19)35-18-5-8-28-23(21(18)26)32-13-16(14-32)24(2,3)33/h4-5,8,11-12,16-17,22,33H,1,6-7,9-10,13-15,27H2,2-3H3/t17-,22+/m0/s1. The number of halogens is 1. The number of hydrogen-bond donors (Lipinski definition) is 2. The molecule has 3 saturated heterocycles. The number of pyridine rings is 1. The maximum absolute atomic E-state index is 10.2. The van der Waals surface area contributed by atoms with Crippen LogP contribution in [0.25, 0.3) is 0 Å². The first-order valence-corrected chi connectivity index (χ1v) is 13.3. The molecule has 8 nitrogen and oxygen atoms in total. The van der Waals surface area contributed by atoms with Crippen molar-refractivity contribution < 1.29 is 9.84 Å². The minimum atomic E-state index is -0.702. The summed E-state index contributed by atoms with van der Waals surface area (Å²) in [5.41, 5.74) is 5.81. The molecule has 3 N–H and O–H groups in total. The molecule has 0 bridgehead atoms. The molecule has 1 spiro atoms. The summed E-state index contributed by atoms with van der Waals surface area (Å²) >= 11 is 8.18. The van der Waals surface area contributed by atoms with Crippen LogP contribution in [0.1, 0.15) is 26.7 Å². The van der Waals surface area contributed by atoms with Gasteiger partial charge in [0.2, 0.25) is 0 Å². The summed E-state index contributed by atoms with van der Waals surface area (Å²) < 4.78 is 5.86. The Morgan fingerprint density at radius 3 is 2.57 bits per heavy atom. The highest BCUT2D eigenvalue weighted by Gasteiger charge is 2.48. The van der Waals surface area contributed by atoms with Crippen LogP contribution in [0, 0.1) is 11.3 Å². The molecular formula is C25H33ClN6O2S. The molecule has 0 aliphatic carbocycles. The van der Waals surface area contributed by atoms with Crippen LogP contribution in [0.3, 0.4) is 0 Å². The second-order valence-corrected chi connectivity index (χ2v) is 11.8. The Bertz CT molecular complexity index is 1060. The zero-order chi connectivity index (χ0) is 24.8. The number of rotatable bonds is 6. The molecule has 0 amide bonds. The van der Waals surface area contributed by atoms with Gasteiger partial charge in [-0.1, -0.05) is 29.4 Å². The molecular weight excluding hydrogens is 484 g/mol. The monoisotopic (exact) mass is 516 g/mol. The van der Waals surface area contributed by atoms with Gasteiger partial charge in [-0.25, -0.2) is 15.0 Å². The van der Waals surface area contributed by atoms with Gasteiger partial charge in [-0.15, -0.1) is 6.58 Å². The summed E-state index contributed by atoms with van der Waals surface area (Å²) in [6, 6.07) is 1.90. The van der Waals surface area contributed by atoms with Crippen molar-refractivity contribution in [2.45, 2.75) is 54.4 Å². The van der Waals surface area contributed by atoms with Gasteiger partial charge in [-0.05, 0) is 32.8 Å². The van der Waals surface area contributed by atoms with E-state index in [0.717, 1.165) is 60.6 Å². The lowest BCUT2D eigenvalue weighted by Crippen LogP contribution is -2.56. The summed E-state index contributed by atoms with van der Waals surface area (Å²) in [6.45, 7) is 11.5. The largest absolute Gasteiger partial charge is 0.390 e. The summed E-state index contributed by atoms with van der Waals surface area (Å²) in [5.74, 6) is 1.83. The van der Waals surface area contributed by atoms with Crippen LogP contribution in [-0.4, -0.2) is 70.6 Å². The normalized spacial score (nSPS) is 24.6. The Balaban J connectivity index is 1.20. The number of nitrogens with zero attached hydrogens (tertiary/aromatic N) is 5. The molecule has 0 unspecified atom stereocenters. The van der Waals surface area contributed by atoms with E-state index in [1.165, 1.54) is 11.8 Å². The van der Waals surface area contributed by atoms with E-state index in [0.29, 0.717) is 11.6 Å². The number of hydrogen-bond acceptors (Lipinski definition) is 9. The fourth-order valence-corrected chi connectivity index (χ4v) is 6.23. The van der Waals surface area contributed by atoms with Gasteiger partial charge in [0, 0.05) is 54.6 Å². The first kappa shape index (κ1) is 24.8. The lowest BCUT2D eigenvalue weighted by Gasteiger charge is -2.46. The molecule has 0 saturated carbocycles. The van der Waals surface area contributed by atoms with E-state index in [1.807, 2.05) is 32.2 Å². The number of anilines is 2. The zero-order valence-corrected chi connectivity index (χ0v) is 21.8. The van der Waals surface area contributed by atoms with Crippen molar-refractivity contribution in [3.63, 3.8) is 0 Å². The Labute approximate surface area is 215 Å². The minimum absolute atomic E-state index is 0.000658. The third-order valence-electron chi connectivity index (χ3n) is 7.78. The first-order valence-electron chi connectivity index (χ1n) is 12.1. The van der Waals surface area contributed by atoms with Gasteiger partial charge < -0.3 is 25.4 Å². The Kier molecular flexibility index (Phi) is 6.74. The van der Waals surface area contributed by atoms with E-state index >= 15 is 0 Å². The summed E-state index contributed by atoms with van der Waals surface area (Å²) in [7, 11) is 0. The smallest absolute Gasteiger partial charge is 0.148 e. The molecule has 0 aromatic carbocycles. The molecule has 0 radical (unpaired) electrons. The fraction of sp³-hybridized carbons (Fsp3) is 0.560. The highest BCUT2D eigenvalue weighted by atomic mass is 35.5. The molecule has 3 fully saturated rings. The molecule has 3 aliphatic rings. The number of nitrogens with two attached hydrogens (primary N) is 1. The number of ether oxygens (including phenoxy) is 1. The summed E-state index contributed by atoms with van der Waals surface area (Å²) in [5, 5.41) is 11.6. The van der Waals surface area contributed by atoms with E-state index in [-0.39, 0.29) is 23.5 Å². The molecule has 3 aliphatic heterocycles. The van der Waals surface area contributed by atoms with Crippen molar-refractivity contribution in [1.82, 2.24) is 15.0 Å². The van der Waals surface area contributed by atoms with Crippen molar-refractivity contribution in [2.24, 2.45) is 17.1 Å². The zero-order valence-electron chi connectivity index (χ0n) is 20.2. The van der Waals surface area contributed by atoms with Gasteiger partial charge in [-0.2, -0.15) is 0 Å². The van der Waals surface area contributed by atoms with E-state index in [4.69, 9.17) is 22.1 Å². The first-order chi connectivity index (χ1) is 16.7. The van der Waals surface area contributed by atoms with Crippen LogP contribution < -0.4 is 15.5 Å². The maximum Gasteiger partial charge on any atom is 0.148 e. The van der Waals surface area contributed by atoms with Crippen molar-refractivity contribution >= 4 is 35.0 Å². The van der Waals surface area contributed by atoms with Crippen LogP contribution in [-0.2, 0) is 4.74 Å². The van der Waals surface area contributed by atoms with Crippen LogP contribution >= 0.6 is 23.4 Å². The molecule has 2 aromatic rings. The Morgan fingerprint density at radius 1 is 1.23 bits per heavy atom. The van der Waals surface area contributed by atoms with Crippen LogP contribution in [0.4, 0.5) is 11.6 Å². The SMILES string of the molecule is C=C[C@@H]1OCC2(CCN(c3cnc(Sc4ccnc(N5CC(C(C)(C)O)C5)c4Cl)cn3)CC2)[C@@H]1N. The second kappa shape index (κ2) is 9.52. The fourth-order valence-electron chi connectivity index (χ4n) is 5.14. The van der Waals surface area contributed by atoms with Crippen LogP contribution in [0.5, 0.6) is 0 Å². The van der Waals surface area contributed by atoms with E-state index < -0.39 is 5.60 Å². The predicted molar refractivity (Wildman–Crippen MR) is 139 cm³/mol. The van der Waals surface area contributed by atoms with Crippen molar-refractivity contribution in [3.05, 3.63) is 42.3 Å². The van der Waals surface area contributed by atoms with E-state index in [1.54, 1.807) is 12.4 Å². The molecule has 5 rings (SSSR count). The van der Waals surface area contributed by atoms with Crippen molar-refractivity contribution in [2.75, 3.05) is 42.6 Å². The van der Waals surface area contributed by atoms with Crippen molar-refractivity contribution in [1.29, 1.82) is 0 Å². The maximum atomic E-state index is 10.2. The highest BCUT2D eigenvalue weighted by Crippen LogP contribution is 2.43. The molecule has 5 heterocycles. The second-order valence-electron chi connectivity index (χ2n) is 10.4. The van der Waals surface area contributed by atoms with Crippen LogP contribution in [0.2, 0.25) is 5.02 Å². The quantitative estimate of drug-likeness (QED) is 0.559. The van der Waals surface area contributed by atoms with Gasteiger partial charge in [0.1, 0.15) is 16.7 Å². The average molecular weight is 517 g/mol. The van der Waals surface area contributed by atoms with Crippen molar-refractivity contribution in [3.8, 4) is 0 Å². The molecule has 10 heteroatoms. The third kappa shape index (κ3) is 4.76. The molecule has 35 heavy (non-hydrogen) atoms. The van der Waals surface area contributed by atoms with Gasteiger partial charge >= 0.3 is 0 Å². The van der Waals surface area contributed by atoms with Gasteiger partial charge in [-0.3, -0.25) is 0 Å². The van der Waals surface area contributed by atoms with Crippen LogP contribution in [0.15, 0.2) is 47.2 Å². The number of piperidine rings is 1. The molecule has 188 valence electrons. The third-order valence-corrected chi connectivity index (χ3v) is 9.25. The number of aromatic nitrogens is 3. The summed E-state index contributed by atoms with van der Waals surface area (Å²) in [4.78, 5) is 19.1. The molecule has 2 aromatic heterocycles. The van der Waals surface area contributed by atoms with Gasteiger partial charge in [0.05, 0.1) is 35.7 Å².